The Hall–Kier alpha value is -2.94. The molecule has 0 fully saturated rings. The summed E-state index contributed by atoms with van der Waals surface area (Å²) in [6.45, 7) is 3.03. The summed E-state index contributed by atoms with van der Waals surface area (Å²) in [7, 11) is 0. The molecular weight excluding hydrogens is 322 g/mol. The topological polar surface area (TPSA) is 30.2 Å². The lowest BCUT2D eigenvalue weighted by Crippen LogP contribution is -2.41. The molecule has 2 aromatic carbocycles. The fourth-order valence-electron chi connectivity index (χ4n) is 2.87. The molecule has 132 valence electrons. The number of carbonyl (C=O) groups is 1. The van der Waals surface area contributed by atoms with E-state index in [4.69, 9.17) is 4.74 Å². The molecule has 0 saturated heterocycles. The monoisotopic (exact) mass is 346 g/mol. The van der Waals surface area contributed by atoms with Gasteiger partial charge in [0.1, 0.15) is 12.4 Å². The number of ether oxygens (including phenoxy) is 1. The van der Waals surface area contributed by atoms with Gasteiger partial charge in [-0.25, -0.2) is 0 Å². The molecule has 0 N–H and O–H groups in total. The number of hydrogen-bond acceptors (Lipinski definition) is 2. The Morgan fingerprint density at radius 3 is 2.38 bits per heavy atom. The van der Waals surface area contributed by atoms with Gasteiger partial charge in [0.25, 0.3) is 0 Å². The molecule has 0 unspecified atom stereocenters. The van der Waals surface area contributed by atoms with Crippen LogP contribution in [0.5, 0.6) is 5.75 Å². The van der Waals surface area contributed by atoms with Crippen molar-refractivity contribution in [2.45, 2.75) is 32.9 Å². The summed E-state index contributed by atoms with van der Waals surface area (Å²) in [6, 6.07) is 23.5. The number of carbonyl (C=O) groups excluding carboxylic acids is 1. The van der Waals surface area contributed by atoms with E-state index in [1.807, 2.05) is 77.5 Å². The molecule has 3 rings (SSSR count). The molecule has 0 bridgehead atoms. The zero-order valence-corrected chi connectivity index (χ0v) is 15.1. The van der Waals surface area contributed by atoms with Crippen LogP contribution in [0.25, 0.3) is 0 Å². The van der Waals surface area contributed by atoms with Gasteiger partial charge in [0, 0.05) is 24.1 Å². The van der Waals surface area contributed by atoms with Gasteiger partial charge in [-0.05, 0) is 36.2 Å². The molecule has 1 aromatic heterocycles. The number of hydrogen-bond donors (Lipinski definition) is 0. The van der Waals surface area contributed by atoms with Crippen molar-refractivity contribution in [2.75, 3.05) is 0 Å². The third-order valence-electron chi connectivity index (χ3n) is 4.28. The van der Waals surface area contributed by atoms with Gasteiger partial charge < -0.3 is 4.74 Å². The first kappa shape index (κ1) is 17.9. The van der Waals surface area contributed by atoms with Crippen LogP contribution < -0.4 is 9.30 Å². The Labute approximate surface area is 154 Å². The van der Waals surface area contributed by atoms with E-state index in [-0.39, 0.29) is 5.78 Å². The van der Waals surface area contributed by atoms with Crippen LogP contribution in [-0.2, 0) is 19.6 Å². The molecule has 3 aromatic rings. The number of ketones is 1. The Bertz CT molecular complexity index is 842. The van der Waals surface area contributed by atoms with Gasteiger partial charge >= 0.3 is 0 Å². The van der Waals surface area contributed by atoms with Gasteiger partial charge in [-0.2, -0.15) is 4.57 Å². The Kier molecular flexibility index (Phi) is 6.15. The maximum atomic E-state index is 12.6. The number of benzene rings is 2. The number of pyridine rings is 1. The lowest BCUT2D eigenvalue weighted by molar-refractivity contribution is -0.690. The van der Waals surface area contributed by atoms with Crippen LogP contribution in [-0.4, -0.2) is 5.78 Å². The molecule has 3 nitrogen and oxygen atoms in total. The standard InChI is InChI=1S/C23H24NO2/c1-2-8-21-11-6-7-16-24(21)17-23(25)20-12-14-22(15-13-20)26-18-19-9-4-3-5-10-19/h3-7,9-16H,2,8,17-18H2,1H3/q+1. The molecule has 0 spiro atoms. The Morgan fingerprint density at radius 2 is 1.65 bits per heavy atom. The van der Waals surface area contributed by atoms with Gasteiger partial charge in [0.05, 0.1) is 0 Å². The van der Waals surface area contributed by atoms with Crippen LogP contribution in [0.15, 0.2) is 79.0 Å². The summed E-state index contributed by atoms with van der Waals surface area (Å²) in [5, 5.41) is 0. The molecule has 0 saturated carbocycles. The smallest absolute Gasteiger partial charge is 0.227 e. The van der Waals surface area contributed by atoms with Crippen molar-refractivity contribution in [1.82, 2.24) is 0 Å². The highest BCUT2D eigenvalue weighted by Gasteiger charge is 2.15. The summed E-state index contributed by atoms with van der Waals surface area (Å²) in [5.74, 6) is 0.873. The zero-order valence-electron chi connectivity index (χ0n) is 15.1. The fourth-order valence-corrected chi connectivity index (χ4v) is 2.87. The van der Waals surface area contributed by atoms with E-state index in [0.29, 0.717) is 18.7 Å². The summed E-state index contributed by atoms with van der Waals surface area (Å²) < 4.78 is 7.81. The number of nitrogens with zero attached hydrogens (tertiary/aromatic N) is 1. The van der Waals surface area contributed by atoms with E-state index in [9.17, 15) is 4.79 Å². The van der Waals surface area contributed by atoms with Crippen molar-refractivity contribution in [3.8, 4) is 5.75 Å². The van der Waals surface area contributed by atoms with E-state index in [1.165, 1.54) is 5.69 Å². The highest BCUT2D eigenvalue weighted by atomic mass is 16.5. The predicted molar refractivity (Wildman–Crippen MR) is 102 cm³/mol. The quantitative estimate of drug-likeness (QED) is 0.447. The van der Waals surface area contributed by atoms with Crippen LogP contribution >= 0.6 is 0 Å². The van der Waals surface area contributed by atoms with Crippen LogP contribution in [0.3, 0.4) is 0 Å². The number of Topliss-reactive ketones (excluding diaryl/α,β-unsaturated/α-hetero) is 1. The summed E-state index contributed by atoms with van der Waals surface area (Å²) in [6.07, 6.45) is 4.01. The first-order valence-electron chi connectivity index (χ1n) is 9.03. The molecule has 0 amide bonds. The van der Waals surface area contributed by atoms with Crippen LogP contribution in [0.2, 0.25) is 0 Å². The first-order chi connectivity index (χ1) is 12.8. The molecule has 0 radical (unpaired) electrons. The van der Waals surface area contributed by atoms with Crippen molar-refractivity contribution in [1.29, 1.82) is 0 Å². The SMILES string of the molecule is CCCc1cccc[n+]1CC(=O)c1ccc(OCc2ccccc2)cc1. The first-order valence-corrected chi connectivity index (χ1v) is 9.03. The Morgan fingerprint density at radius 1 is 0.923 bits per heavy atom. The molecule has 0 aliphatic heterocycles. The maximum Gasteiger partial charge on any atom is 0.227 e. The van der Waals surface area contributed by atoms with Gasteiger partial charge in [-0.1, -0.05) is 43.3 Å². The summed E-state index contributed by atoms with van der Waals surface area (Å²) in [4.78, 5) is 12.6. The van der Waals surface area contributed by atoms with Crippen LogP contribution in [0.1, 0.15) is 35.0 Å². The highest BCUT2D eigenvalue weighted by molar-refractivity contribution is 5.95. The van der Waals surface area contributed by atoms with E-state index in [1.54, 1.807) is 0 Å². The van der Waals surface area contributed by atoms with E-state index in [0.717, 1.165) is 24.2 Å². The Balaban J connectivity index is 1.62. The molecule has 26 heavy (non-hydrogen) atoms. The zero-order chi connectivity index (χ0) is 18.2. The van der Waals surface area contributed by atoms with Gasteiger partial charge in [0.2, 0.25) is 12.3 Å². The molecular formula is C23H24NO2+. The van der Waals surface area contributed by atoms with Crippen molar-refractivity contribution in [3.05, 3.63) is 95.8 Å². The lowest BCUT2D eigenvalue weighted by atomic mass is 10.1. The second-order valence-electron chi connectivity index (χ2n) is 6.29. The largest absolute Gasteiger partial charge is 0.489 e. The van der Waals surface area contributed by atoms with Crippen LogP contribution in [0, 0.1) is 0 Å². The van der Waals surface area contributed by atoms with Gasteiger partial charge in [-0.3, -0.25) is 4.79 Å². The van der Waals surface area contributed by atoms with E-state index >= 15 is 0 Å². The van der Waals surface area contributed by atoms with Gasteiger partial charge in [0.15, 0.2) is 11.9 Å². The minimum absolute atomic E-state index is 0.105. The lowest BCUT2D eigenvalue weighted by Gasteiger charge is -2.07. The highest BCUT2D eigenvalue weighted by Crippen LogP contribution is 2.15. The second kappa shape index (κ2) is 8.95. The molecule has 0 aliphatic carbocycles. The maximum absolute atomic E-state index is 12.6. The number of rotatable bonds is 8. The van der Waals surface area contributed by atoms with Crippen molar-refractivity contribution in [2.24, 2.45) is 0 Å². The normalized spacial score (nSPS) is 10.5. The minimum Gasteiger partial charge on any atom is -0.489 e. The van der Waals surface area contributed by atoms with Gasteiger partial charge in [-0.15, -0.1) is 0 Å². The number of aryl methyl sites for hydroxylation is 1. The second-order valence-corrected chi connectivity index (χ2v) is 6.29. The molecule has 0 atom stereocenters. The summed E-state index contributed by atoms with van der Waals surface area (Å²) in [5.41, 5.74) is 3.01. The molecule has 3 heteroatoms. The minimum atomic E-state index is 0.105. The predicted octanol–water partition coefficient (Wildman–Crippen LogP) is 4.39. The van der Waals surface area contributed by atoms with Crippen molar-refractivity contribution >= 4 is 5.78 Å². The molecule has 0 aliphatic rings. The van der Waals surface area contributed by atoms with E-state index in [2.05, 4.69) is 13.0 Å². The fraction of sp³-hybridized carbons (Fsp3) is 0.217. The third-order valence-corrected chi connectivity index (χ3v) is 4.28. The van der Waals surface area contributed by atoms with Crippen molar-refractivity contribution < 1.29 is 14.1 Å². The van der Waals surface area contributed by atoms with Crippen molar-refractivity contribution in [3.63, 3.8) is 0 Å². The number of aromatic nitrogens is 1. The van der Waals surface area contributed by atoms with E-state index < -0.39 is 0 Å². The third kappa shape index (κ3) is 4.79. The molecule has 1 heterocycles. The average molecular weight is 346 g/mol. The average Bonchev–Trinajstić information content (AvgIpc) is 2.69. The van der Waals surface area contributed by atoms with Crippen LogP contribution in [0.4, 0.5) is 0 Å². The summed E-state index contributed by atoms with van der Waals surface area (Å²) >= 11 is 0.